The van der Waals surface area contributed by atoms with E-state index in [0.29, 0.717) is 5.69 Å². The lowest BCUT2D eigenvalue weighted by atomic mass is 9.96. The number of rotatable bonds is 2. The molecular weight excluding hydrogens is 174 g/mol. The molecule has 0 aliphatic rings. The average molecular weight is 193 g/mol. The Balaban J connectivity index is 2.70. The Morgan fingerprint density at radius 2 is 2.00 bits per heavy atom. The predicted octanol–water partition coefficient (Wildman–Crippen LogP) is 2.15. The number of aromatic nitrogens is 1. The Morgan fingerprint density at radius 1 is 1.36 bits per heavy atom. The molecule has 0 saturated carbocycles. The lowest BCUT2D eigenvalue weighted by Gasteiger charge is -2.27. The van der Waals surface area contributed by atoms with Gasteiger partial charge in [0.05, 0.1) is 11.9 Å². The van der Waals surface area contributed by atoms with Crippen molar-refractivity contribution in [2.75, 3.05) is 24.2 Å². The molecule has 1 rings (SSSR count). The van der Waals surface area contributed by atoms with Crippen LogP contribution in [0.2, 0.25) is 0 Å². The van der Waals surface area contributed by atoms with Crippen LogP contribution in [0, 0.1) is 5.41 Å². The summed E-state index contributed by atoms with van der Waals surface area (Å²) in [7, 11) is 2.05. The summed E-state index contributed by atoms with van der Waals surface area (Å²) in [6.45, 7) is 7.60. The highest BCUT2D eigenvalue weighted by atomic mass is 15.2. The van der Waals surface area contributed by atoms with Gasteiger partial charge >= 0.3 is 0 Å². The van der Waals surface area contributed by atoms with Crippen LogP contribution in [-0.4, -0.2) is 18.6 Å². The molecule has 0 amide bonds. The first kappa shape index (κ1) is 10.8. The van der Waals surface area contributed by atoms with Crippen molar-refractivity contribution in [1.29, 1.82) is 0 Å². The van der Waals surface area contributed by atoms with Gasteiger partial charge in [0.15, 0.2) is 0 Å². The van der Waals surface area contributed by atoms with E-state index in [2.05, 4.69) is 30.7 Å². The van der Waals surface area contributed by atoms with Crippen molar-refractivity contribution in [1.82, 2.24) is 4.98 Å². The molecule has 0 aliphatic heterocycles. The van der Waals surface area contributed by atoms with Gasteiger partial charge in [0.1, 0.15) is 5.82 Å². The first-order valence-electron chi connectivity index (χ1n) is 4.81. The van der Waals surface area contributed by atoms with Gasteiger partial charge in [-0.25, -0.2) is 4.98 Å². The number of hydrogen-bond acceptors (Lipinski definition) is 3. The molecule has 0 unspecified atom stereocenters. The van der Waals surface area contributed by atoms with E-state index in [4.69, 9.17) is 5.73 Å². The molecule has 2 N–H and O–H groups in total. The van der Waals surface area contributed by atoms with E-state index < -0.39 is 0 Å². The molecule has 0 fully saturated rings. The molecular formula is C11H19N3. The fourth-order valence-electron chi connectivity index (χ4n) is 1.42. The van der Waals surface area contributed by atoms with Crippen LogP contribution in [0.3, 0.4) is 0 Å². The van der Waals surface area contributed by atoms with Crippen molar-refractivity contribution in [2.45, 2.75) is 20.8 Å². The van der Waals surface area contributed by atoms with Gasteiger partial charge in [0.25, 0.3) is 0 Å². The normalized spacial score (nSPS) is 11.4. The molecule has 14 heavy (non-hydrogen) atoms. The third-order valence-electron chi connectivity index (χ3n) is 1.87. The van der Waals surface area contributed by atoms with E-state index in [-0.39, 0.29) is 5.41 Å². The second kappa shape index (κ2) is 3.86. The van der Waals surface area contributed by atoms with Crippen molar-refractivity contribution in [2.24, 2.45) is 5.41 Å². The predicted molar refractivity (Wildman–Crippen MR) is 61.4 cm³/mol. The van der Waals surface area contributed by atoms with Gasteiger partial charge in [0, 0.05) is 13.6 Å². The quantitative estimate of drug-likeness (QED) is 0.782. The Hall–Kier alpha value is -1.25. The molecule has 0 radical (unpaired) electrons. The van der Waals surface area contributed by atoms with Crippen LogP contribution < -0.4 is 10.6 Å². The highest BCUT2D eigenvalue weighted by Gasteiger charge is 2.14. The van der Waals surface area contributed by atoms with E-state index in [1.54, 1.807) is 6.20 Å². The number of anilines is 2. The van der Waals surface area contributed by atoms with Crippen molar-refractivity contribution in [3.05, 3.63) is 18.3 Å². The maximum Gasteiger partial charge on any atom is 0.128 e. The first-order valence-corrected chi connectivity index (χ1v) is 4.81. The van der Waals surface area contributed by atoms with Crippen LogP contribution in [0.25, 0.3) is 0 Å². The van der Waals surface area contributed by atoms with Crippen molar-refractivity contribution >= 4 is 11.5 Å². The highest BCUT2D eigenvalue weighted by molar-refractivity contribution is 5.45. The fourth-order valence-corrected chi connectivity index (χ4v) is 1.42. The minimum Gasteiger partial charge on any atom is -0.397 e. The molecule has 1 aromatic heterocycles. The lowest BCUT2D eigenvalue weighted by Crippen LogP contribution is -2.29. The zero-order valence-electron chi connectivity index (χ0n) is 9.41. The van der Waals surface area contributed by atoms with Crippen LogP contribution in [0.4, 0.5) is 11.5 Å². The molecule has 1 heterocycles. The molecule has 0 saturated heterocycles. The number of pyridine rings is 1. The fraction of sp³-hybridized carbons (Fsp3) is 0.545. The third-order valence-corrected chi connectivity index (χ3v) is 1.87. The molecule has 0 bridgehead atoms. The van der Waals surface area contributed by atoms with E-state index in [1.165, 1.54) is 0 Å². The summed E-state index contributed by atoms with van der Waals surface area (Å²) in [6, 6.07) is 3.82. The Labute approximate surface area is 85.9 Å². The standard InChI is InChI=1S/C11H19N3/c1-11(2,3)8-14(4)10-6-5-9(12)7-13-10/h5-7H,8,12H2,1-4H3. The summed E-state index contributed by atoms with van der Waals surface area (Å²) >= 11 is 0. The first-order chi connectivity index (χ1) is 6.38. The van der Waals surface area contributed by atoms with E-state index in [9.17, 15) is 0 Å². The van der Waals surface area contributed by atoms with Gasteiger partial charge in [-0.3, -0.25) is 0 Å². The highest BCUT2D eigenvalue weighted by Crippen LogP contribution is 2.18. The van der Waals surface area contributed by atoms with E-state index in [0.717, 1.165) is 12.4 Å². The van der Waals surface area contributed by atoms with Crippen LogP contribution in [0.1, 0.15) is 20.8 Å². The summed E-state index contributed by atoms with van der Waals surface area (Å²) in [5, 5.41) is 0. The SMILES string of the molecule is CN(CC(C)(C)C)c1ccc(N)cn1. The van der Waals surface area contributed by atoms with Gasteiger partial charge in [-0.2, -0.15) is 0 Å². The van der Waals surface area contributed by atoms with E-state index >= 15 is 0 Å². The Kier molecular flexibility index (Phi) is 2.99. The summed E-state index contributed by atoms with van der Waals surface area (Å²) in [4.78, 5) is 6.40. The second-order valence-corrected chi connectivity index (χ2v) is 4.87. The zero-order valence-corrected chi connectivity index (χ0v) is 9.41. The second-order valence-electron chi connectivity index (χ2n) is 4.87. The summed E-state index contributed by atoms with van der Waals surface area (Å²) < 4.78 is 0. The third kappa shape index (κ3) is 3.24. The maximum atomic E-state index is 5.57. The van der Waals surface area contributed by atoms with Crippen molar-refractivity contribution < 1.29 is 0 Å². The molecule has 0 atom stereocenters. The van der Waals surface area contributed by atoms with Gasteiger partial charge in [-0.1, -0.05) is 20.8 Å². The van der Waals surface area contributed by atoms with Gasteiger partial charge in [-0.05, 0) is 17.5 Å². The molecule has 3 heteroatoms. The van der Waals surface area contributed by atoms with Crippen molar-refractivity contribution in [3.8, 4) is 0 Å². The van der Waals surface area contributed by atoms with Gasteiger partial charge in [0.2, 0.25) is 0 Å². The zero-order chi connectivity index (χ0) is 10.8. The summed E-state index contributed by atoms with van der Waals surface area (Å²) in [5.41, 5.74) is 6.56. The van der Waals surface area contributed by atoms with Gasteiger partial charge < -0.3 is 10.6 Å². The summed E-state index contributed by atoms with van der Waals surface area (Å²) in [5.74, 6) is 0.967. The van der Waals surface area contributed by atoms with Crippen LogP contribution >= 0.6 is 0 Å². The van der Waals surface area contributed by atoms with Crippen molar-refractivity contribution in [3.63, 3.8) is 0 Å². The van der Waals surface area contributed by atoms with Crippen LogP contribution in [0.15, 0.2) is 18.3 Å². The smallest absolute Gasteiger partial charge is 0.128 e. The Morgan fingerprint density at radius 3 is 2.43 bits per heavy atom. The van der Waals surface area contributed by atoms with Gasteiger partial charge in [-0.15, -0.1) is 0 Å². The number of nitrogens with two attached hydrogens (primary N) is 1. The molecule has 0 aromatic carbocycles. The molecule has 3 nitrogen and oxygen atoms in total. The number of nitrogens with zero attached hydrogens (tertiary/aromatic N) is 2. The minimum atomic E-state index is 0.276. The topological polar surface area (TPSA) is 42.1 Å². The monoisotopic (exact) mass is 193 g/mol. The van der Waals surface area contributed by atoms with E-state index in [1.807, 2.05) is 19.2 Å². The average Bonchev–Trinajstić information content (AvgIpc) is 2.02. The number of nitrogen functional groups attached to an aromatic ring is 1. The van der Waals surface area contributed by atoms with Crippen LogP contribution in [0.5, 0.6) is 0 Å². The molecule has 0 aliphatic carbocycles. The lowest BCUT2D eigenvalue weighted by molar-refractivity contribution is 0.418. The summed E-state index contributed by atoms with van der Waals surface area (Å²) in [6.07, 6.45) is 1.69. The minimum absolute atomic E-state index is 0.276. The molecule has 78 valence electrons. The molecule has 1 aromatic rings. The largest absolute Gasteiger partial charge is 0.397 e. The number of hydrogen-bond donors (Lipinski definition) is 1. The Bertz CT molecular complexity index is 284. The molecule has 0 spiro atoms. The van der Waals surface area contributed by atoms with Crippen LogP contribution in [-0.2, 0) is 0 Å². The maximum absolute atomic E-state index is 5.57.